The van der Waals surface area contributed by atoms with Gasteiger partial charge in [0.25, 0.3) is 5.91 Å². The largest absolute Gasteiger partial charge is 0.493 e. The van der Waals surface area contributed by atoms with Gasteiger partial charge in [-0.15, -0.1) is 0 Å². The lowest BCUT2D eigenvalue weighted by Crippen LogP contribution is -2.14. The van der Waals surface area contributed by atoms with Crippen molar-refractivity contribution >= 4 is 22.1 Å². The number of hydrogen-bond acceptors (Lipinski definition) is 6. The topological polar surface area (TPSA) is 102 Å². The minimum atomic E-state index is -3.64. The molecule has 0 heterocycles. The summed E-state index contributed by atoms with van der Waals surface area (Å²) in [6.07, 6.45) is 2.53. The Kier molecular flexibility index (Phi) is 5.53. The van der Waals surface area contributed by atoms with Crippen LogP contribution in [0.5, 0.6) is 11.5 Å². The van der Waals surface area contributed by atoms with Crippen LogP contribution in [0.15, 0.2) is 24.3 Å². The summed E-state index contributed by atoms with van der Waals surface area (Å²) >= 11 is 0. The summed E-state index contributed by atoms with van der Waals surface area (Å²) < 4.78 is 32.7. The van der Waals surface area contributed by atoms with Crippen LogP contribution in [0.4, 0.5) is 0 Å². The highest BCUT2D eigenvalue weighted by atomic mass is 32.2. The van der Waals surface area contributed by atoms with Gasteiger partial charge in [-0.05, 0) is 30.7 Å². The highest BCUT2D eigenvalue weighted by Crippen LogP contribution is 2.29. The fraction of sp³-hybridized carbons (Fsp3) is 0.250. The normalized spacial score (nSPS) is 11.3. The van der Waals surface area contributed by atoms with Gasteiger partial charge in [0.05, 0.1) is 12.9 Å². The van der Waals surface area contributed by atoms with E-state index in [4.69, 9.17) is 14.1 Å². The van der Waals surface area contributed by atoms with Gasteiger partial charge in [0.15, 0.2) is 11.5 Å². The Morgan fingerprint density at radius 3 is 2.65 bits per heavy atom. The van der Waals surface area contributed by atoms with Crippen LogP contribution in [0.25, 0.3) is 6.08 Å². The second kappa shape index (κ2) is 6.92. The van der Waals surface area contributed by atoms with Crippen molar-refractivity contribution in [3.8, 4) is 11.5 Å². The van der Waals surface area contributed by atoms with Gasteiger partial charge in [0.2, 0.25) is 0 Å². The van der Waals surface area contributed by atoms with Crippen molar-refractivity contribution in [3.05, 3.63) is 29.8 Å². The van der Waals surface area contributed by atoms with Gasteiger partial charge in [0.1, 0.15) is 0 Å². The molecule has 0 atom stereocenters. The molecule has 2 N–H and O–H groups in total. The molecule has 20 heavy (non-hydrogen) atoms. The summed E-state index contributed by atoms with van der Waals surface area (Å²) in [5.74, 6) is -0.557. The maximum absolute atomic E-state index is 11.4. The fourth-order valence-electron chi connectivity index (χ4n) is 1.26. The average Bonchev–Trinajstić information content (AvgIpc) is 2.45. The molecule has 7 nitrogen and oxygen atoms in total. The molecule has 0 fully saturated rings. The van der Waals surface area contributed by atoms with Gasteiger partial charge in [0, 0.05) is 6.08 Å². The second-order valence-electron chi connectivity index (χ2n) is 3.65. The van der Waals surface area contributed by atoms with Crippen molar-refractivity contribution in [2.45, 2.75) is 6.92 Å². The highest BCUT2D eigenvalue weighted by molar-refractivity contribution is 7.87. The Hall–Kier alpha value is -2.06. The number of nitrogens with one attached hydrogen (secondary N) is 1. The van der Waals surface area contributed by atoms with Crippen LogP contribution < -0.4 is 14.4 Å². The molecule has 0 saturated heterocycles. The van der Waals surface area contributed by atoms with Gasteiger partial charge in [-0.25, -0.2) is 5.48 Å². The zero-order valence-corrected chi connectivity index (χ0v) is 11.8. The van der Waals surface area contributed by atoms with Crippen molar-refractivity contribution < 1.29 is 27.3 Å². The molecular weight excluding hydrogens is 286 g/mol. The van der Waals surface area contributed by atoms with E-state index in [0.717, 1.165) is 6.08 Å². The first-order valence-corrected chi connectivity index (χ1v) is 7.22. The number of hydroxylamine groups is 1. The van der Waals surface area contributed by atoms with E-state index >= 15 is 0 Å². The third-order valence-corrected chi connectivity index (χ3v) is 3.44. The molecule has 0 aromatic heterocycles. The van der Waals surface area contributed by atoms with E-state index in [2.05, 4.69) is 0 Å². The van der Waals surface area contributed by atoms with Crippen LogP contribution in [0, 0.1) is 0 Å². The molecule has 1 amide bonds. The third kappa shape index (κ3) is 4.56. The van der Waals surface area contributed by atoms with Crippen LogP contribution in [0.3, 0.4) is 0 Å². The maximum Gasteiger partial charge on any atom is 0.309 e. The first-order valence-electron chi connectivity index (χ1n) is 5.64. The Morgan fingerprint density at radius 1 is 1.40 bits per heavy atom. The molecule has 1 rings (SSSR count). The van der Waals surface area contributed by atoms with Gasteiger partial charge in [-0.2, -0.15) is 8.42 Å². The van der Waals surface area contributed by atoms with Crippen molar-refractivity contribution in [1.82, 2.24) is 5.48 Å². The number of hydrogen-bond donors (Lipinski definition) is 2. The van der Waals surface area contributed by atoms with Gasteiger partial charge in [-0.1, -0.05) is 6.07 Å². The fourth-order valence-corrected chi connectivity index (χ4v) is 1.79. The lowest BCUT2D eigenvalue weighted by atomic mass is 10.2. The Morgan fingerprint density at radius 2 is 2.10 bits per heavy atom. The number of amides is 1. The summed E-state index contributed by atoms with van der Waals surface area (Å²) in [7, 11) is -2.27. The SMILES string of the molecule is CCS(=O)(=O)Oc1ccc(C=CC(=O)NO)cc1OC. The number of methoxy groups -OCH3 is 1. The smallest absolute Gasteiger partial charge is 0.309 e. The molecule has 0 unspecified atom stereocenters. The molecule has 0 aliphatic carbocycles. The van der Waals surface area contributed by atoms with Crippen LogP contribution in [0.2, 0.25) is 0 Å². The molecule has 0 aliphatic rings. The number of ether oxygens (including phenoxy) is 1. The quantitative estimate of drug-likeness (QED) is 0.351. The van der Waals surface area contributed by atoms with Crippen molar-refractivity contribution in [2.24, 2.45) is 0 Å². The maximum atomic E-state index is 11.4. The molecule has 110 valence electrons. The lowest BCUT2D eigenvalue weighted by molar-refractivity contribution is -0.124. The minimum absolute atomic E-state index is 0.0677. The second-order valence-corrected chi connectivity index (χ2v) is 5.51. The first kappa shape index (κ1) is 16.0. The zero-order chi connectivity index (χ0) is 15.2. The molecular formula is C12H15NO6S. The van der Waals surface area contributed by atoms with E-state index in [1.165, 1.54) is 37.7 Å². The summed E-state index contributed by atoms with van der Waals surface area (Å²) in [5, 5.41) is 8.35. The zero-order valence-electron chi connectivity index (χ0n) is 11.0. The van der Waals surface area contributed by atoms with E-state index in [1.807, 2.05) is 0 Å². The van der Waals surface area contributed by atoms with Crippen molar-refractivity contribution in [2.75, 3.05) is 12.9 Å². The van der Waals surface area contributed by atoms with Crippen molar-refractivity contribution in [1.29, 1.82) is 0 Å². The van der Waals surface area contributed by atoms with Gasteiger partial charge < -0.3 is 8.92 Å². The summed E-state index contributed by atoms with van der Waals surface area (Å²) in [4.78, 5) is 10.8. The molecule has 1 aromatic carbocycles. The summed E-state index contributed by atoms with van der Waals surface area (Å²) in [6.45, 7) is 1.46. The number of carbonyl (C=O) groups is 1. The number of rotatable bonds is 6. The summed E-state index contributed by atoms with van der Waals surface area (Å²) in [5.41, 5.74) is 2.03. The van der Waals surface area contributed by atoms with Gasteiger partial charge >= 0.3 is 10.1 Å². The molecule has 1 aromatic rings. The molecule has 8 heteroatoms. The van der Waals surface area contributed by atoms with Crippen LogP contribution in [-0.4, -0.2) is 32.4 Å². The predicted octanol–water partition coefficient (Wildman–Crippen LogP) is 0.942. The lowest BCUT2D eigenvalue weighted by Gasteiger charge is -2.10. The molecule has 0 saturated carbocycles. The monoisotopic (exact) mass is 301 g/mol. The van der Waals surface area contributed by atoms with Crippen LogP contribution in [-0.2, 0) is 14.9 Å². The van der Waals surface area contributed by atoms with E-state index in [1.54, 1.807) is 6.07 Å². The van der Waals surface area contributed by atoms with E-state index < -0.39 is 16.0 Å². The van der Waals surface area contributed by atoms with Crippen LogP contribution in [0.1, 0.15) is 12.5 Å². The van der Waals surface area contributed by atoms with E-state index in [9.17, 15) is 13.2 Å². The predicted molar refractivity (Wildman–Crippen MR) is 72.0 cm³/mol. The van der Waals surface area contributed by atoms with E-state index in [-0.39, 0.29) is 17.3 Å². The third-order valence-electron chi connectivity index (χ3n) is 2.30. The molecule has 0 aliphatic heterocycles. The standard InChI is InChI=1S/C12H15NO6S/c1-3-20(16,17)19-10-6-4-9(8-11(10)18-2)5-7-12(14)13-15/h4-8,15H,3H2,1-2H3,(H,13,14). The first-order chi connectivity index (χ1) is 9.41. The molecule has 0 bridgehead atoms. The van der Waals surface area contributed by atoms with E-state index in [0.29, 0.717) is 5.56 Å². The Labute approximate surface area is 116 Å². The Bertz CT molecular complexity index is 608. The highest BCUT2D eigenvalue weighted by Gasteiger charge is 2.13. The van der Waals surface area contributed by atoms with Crippen LogP contribution >= 0.6 is 0 Å². The number of carbonyl (C=O) groups excluding carboxylic acids is 1. The molecule has 0 spiro atoms. The molecule has 0 radical (unpaired) electrons. The summed E-state index contributed by atoms with van der Waals surface area (Å²) in [6, 6.07) is 4.47. The number of benzene rings is 1. The van der Waals surface area contributed by atoms with Gasteiger partial charge in [-0.3, -0.25) is 10.0 Å². The Balaban J connectivity index is 3.02. The van der Waals surface area contributed by atoms with Crippen molar-refractivity contribution in [3.63, 3.8) is 0 Å². The minimum Gasteiger partial charge on any atom is -0.493 e. The average molecular weight is 301 g/mol.